The normalized spacial score (nSPS) is 11.0. The van der Waals surface area contributed by atoms with Crippen LogP contribution in [0.15, 0.2) is 84.0 Å². The standard InChI is InChI=1S/C26H21ClN2O4/c1-32-25-12-17(10-11-24(25)33-16-20-8-4-5-9-22(20)27)15-28-29-26(31)21-13-18-6-2-3-7-19(18)14-23(21)30/h2-15,30H,16H2,1H3,(H,29,31)/b28-15+. The van der Waals surface area contributed by atoms with Gasteiger partial charge in [0.1, 0.15) is 12.4 Å². The first-order chi connectivity index (χ1) is 16.0. The number of methoxy groups -OCH3 is 1. The number of nitrogens with one attached hydrogen (secondary N) is 1. The highest BCUT2D eigenvalue weighted by molar-refractivity contribution is 6.31. The lowest BCUT2D eigenvalue weighted by molar-refractivity contribution is 0.0952. The number of aromatic hydroxyl groups is 1. The van der Waals surface area contributed by atoms with Crippen molar-refractivity contribution in [2.75, 3.05) is 7.11 Å². The summed E-state index contributed by atoms with van der Waals surface area (Å²) in [4.78, 5) is 12.5. The van der Waals surface area contributed by atoms with Gasteiger partial charge in [-0.15, -0.1) is 0 Å². The van der Waals surface area contributed by atoms with E-state index in [2.05, 4.69) is 10.5 Å². The average Bonchev–Trinajstić information content (AvgIpc) is 2.83. The third-order valence-corrected chi connectivity index (χ3v) is 5.39. The molecule has 4 rings (SSSR count). The number of phenols is 1. The molecule has 6 nitrogen and oxygen atoms in total. The Labute approximate surface area is 196 Å². The Hall–Kier alpha value is -4.03. The molecule has 0 heterocycles. The number of amides is 1. The minimum Gasteiger partial charge on any atom is -0.507 e. The van der Waals surface area contributed by atoms with Crippen molar-refractivity contribution in [2.24, 2.45) is 5.10 Å². The van der Waals surface area contributed by atoms with Gasteiger partial charge in [-0.2, -0.15) is 5.10 Å². The molecular weight excluding hydrogens is 440 g/mol. The van der Waals surface area contributed by atoms with Crippen LogP contribution >= 0.6 is 11.6 Å². The van der Waals surface area contributed by atoms with Gasteiger partial charge >= 0.3 is 0 Å². The summed E-state index contributed by atoms with van der Waals surface area (Å²) >= 11 is 6.18. The highest BCUT2D eigenvalue weighted by atomic mass is 35.5. The highest BCUT2D eigenvalue weighted by Gasteiger charge is 2.12. The Kier molecular flexibility index (Phi) is 6.76. The molecule has 0 saturated carbocycles. The molecule has 0 aromatic heterocycles. The number of halogens is 1. The van der Waals surface area contributed by atoms with Crippen LogP contribution in [0.4, 0.5) is 0 Å². The second-order valence-electron chi connectivity index (χ2n) is 7.21. The van der Waals surface area contributed by atoms with Gasteiger partial charge < -0.3 is 14.6 Å². The highest BCUT2D eigenvalue weighted by Crippen LogP contribution is 2.29. The van der Waals surface area contributed by atoms with E-state index < -0.39 is 5.91 Å². The first-order valence-corrected chi connectivity index (χ1v) is 10.5. The quantitative estimate of drug-likeness (QED) is 0.280. The molecule has 7 heteroatoms. The van der Waals surface area contributed by atoms with Crippen molar-refractivity contribution in [3.63, 3.8) is 0 Å². The summed E-state index contributed by atoms with van der Waals surface area (Å²) in [6, 6.07) is 23.4. The van der Waals surface area contributed by atoms with E-state index in [1.165, 1.54) is 6.21 Å². The van der Waals surface area contributed by atoms with Crippen LogP contribution in [0.1, 0.15) is 21.5 Å². The molecule has 0 saturated heterocycles. The van der Waals surface area contributed by atoms with Gasteiger partial charge in [-0.05, 0) is 52.7 Å². The van der Waals surface area contributed by atoms with E-state index in [1.54, 1.807) is 37.4 Å². The van der Waals surface area contributed by atoms with E-state index in [1.807, 2.05) is 48.5 Å². The summed E-state index contributed by atoms with van der Waals surface area (Å²) in [5, 5.41) is 16.5. The zero-order valence-corrected chi connectivity index (χ0v) is 18.5. The number of nitrogens with zero attached hydrogens (tertiary/aromatic N) is 1. The Morgan fingerprint density at radius 2 is 1.73 bits per heavy atom. The molecule has 33 heavy (non-hydrogen) atoms. The van der Waals surface area contributed by atoms with Gasteiger partial charge in [-0.25, -0.2) is 5.43 Å². The largest absolute Gasteiger partial charge is 0.507 e. The number of benzene rings is 4. The number of rotatable bonds is 7. The molecule has 0 spiro atoms. The molecule has 4 aromatic carbocycles. The molecule has 4 aromatic rings. The maximum atomic E-state index is 12.5. The predicted molar refractivity (Wildman–Crippen MR) is 129 cm³/mol. The van der Waals surface area contributed by atoms with Crippen LogP contribution in [0.5, 0.6) is 17.2 Å². The maximum absolute atomic E-state index is 12.5. The second-order valence-corrected chi connectivity index (χ2v) is 7.61. The summed E-state index contributed by atoms with van der Waals surface area (Å²) in [5.41, 5.74) is 4.15. The van der Waals surface area contributed by atoms with E-state index in [4.69, 9.17) is 21.1 Å². The molecule has 0 aliphatic rings. The minimum atomic E-state index is -0.513. The van der Waals surface area contributed by atoms with Crippen molar-refractivity contribution in [3.8, 4) is 17.2 Å². The second kappa shape index (κ2) is 10.1. The smallest absolute Gasteiger partial charge is 0.275 e. The lowest BCUT2D eigenvalue weighted by atomic mass is 10.1. The van der Waals surface area contributed by atoms with Gasteiger partial charge in [-0.3, -0.25) is 4.79 Å². The number of carbonyl (C=O) groups is 1. The molecule has 0 aliphatic heterocycles. The van der Waals surface area contributed by atoms with Crippen molar-refractivity contribution in [1.29, 1.82) is 0 Å². The fourth-order valence-electron chi connectivity index (χ4n) is 3.29. The van der Waals surface area contributed by atoms with E-state index in [9.17, 15) is 9.90 Å². The average molecular weight is 461 g/mol. The van der Waals surface area contributed by atoms with E-state index >= 15 is 0 Å². The van der Waals surface area contributed by atoms with Crippen molar-refractivity contribution in [1.82, 2.24) is 5.43 Å². The van der Waals surface area contributed by atoms with Gasteiger partial charge in [0.25, 0.3) is 5.91 Å². The molecule has 1 amide bonds. The van der Waals surface area contributed by atoms with Gasteiger partial charge in [0.15, 0.2) is 11.5 Å². The maximum Gasteiger partial charge on any atom is 0.275 e. The van der Waals surface area contributed by atoms with Crippen LogP contribution in [0, 0.1) is 0 Å². The molecular formula is C26H21ClN2O4. The predicted octanol–water partition coefficient (Wildman–Crippen LogP) is 5.55. The fraction of sp³-hybridized carbons (Fsp3) is 0.0769. The van der Waals surface area contributed by atoms with E-state index in [-0.39, 0.29) is 11.3 Å². The Morgan fingerprint density at radius 3 is 2.48 bits per heavy atom. The van der Waals surface area contributed by atoms with Gasteiger partial charge in [0.05, 0.1) is 18.9 Å². The van der Waals surface area contributed by atoms with Crippen molar-refractivity contribution in [2.45, 2.75) is 6.61 Å². The van der Waals surface area contributed by atoms with Crippen molar-refractivity contribution < 1.29 is 19.4 Å². The number of fused-ring (bicyclic) bond motifs is 1. The Morgan fingerprint density at radius 1 is 1.00 bits per heavy atom. The number of phenolic OH excluding ortho intramolecular Hbond substituents is 1. The van der Waals surface area contributed by atoms with Crippen LogP contribution in [0.2, 0.25) is 5.02 Å². The van der Waals surface area contributed by atoms with Gasteiger partial charge in [0, 0.05) is 10.6 Å². The topological polar surface area (TPSA) is 80.2 Å². The van der Waals surface area contributed by atoms with Gasteiger partial charge in [0.2, 0.25) is 0 Å². The fourth-order valence-corrected chi connectivity index (χ4v) is 3.48. The van der Waals surface area contributed by atoms with Crippen LogP contribution in [0.3, 0.4) is 0 Å². The van der Waals surface area contributed by atoms with Crippen LogP contribution in [-0.4, -0.2) is 24.3 Å². The third kappa shape index (κ3) is 5.25. The monoisotopic (exact) mass is 460 g/mol. The Balaban J connectivity index is 1.43. The summed E-state index contributed by atoms with van der Waals surface area (Å²) in [6.07, 6.45) is 1.48. The summed E-state index contributed by atoms with van der Waals surface area (Å²) in [6.45, 7) is 0.300. The minimum absolute atomic E-state index is 0.108. The van der Waals surface area contributed by atoms with Gasteiger partial charge in [-0.1, -0.05) is 54.1 Å². The summed E-state index contributed by atoms with van der Waals surface area (Å²) in [7, 11) is 1.54. The zero-order chi connectivity index (χ0) is 23.2. The molecule has 0 atom stereocenters. The number of ether oxygens (including phenoxy) is 2. The first-order valence-electron chi connectivity index (χ1n) is 10.1. The third-order valence-electron chi connectivity index (χ3n) is 5.02. The van der Waals surface area contributed by atoms with Crippen molar-refractivity contribution >= 4 is 34.5 Å². The van der Waals surface area contributed by atoms with E-state index in [0.29, 0.717) is 28.7 Å². The molecule has 2 N–H and O–H groups in total. The van der Waals surface area contributed by atoms with Crippen molar-refractivity contribution in [3.05, 3.63) is 101 Å². The number of hydrogen-bond acceptors (Lipinski definition) is 5. The molecule has 0 radical (unpaired) electrons. The number of hydrazone groups is 1. The first kappa shape index (κ1) is 22.2. The number of hydrogen-bond donors (Lipinski definition) is 2. The van der Waals surface area contributed by atoms with E-state index in [0.717, 1.165) is 16.3 Å². The lowest BCUT2D eigenvalue weighted by Gasteiger charge is -2.12. The molecule has 0 aliphatic carbocycles. The Bertz CT molecular complexity index is 1340. The molecule has 166 valence electrons. The summed E-state index contributed by atoms with van der Waals surface area (Å²) in [5.74, 6) is 0.452. The molecule has 0 unspecified atom stereocenters. The lowest BCUT2D eigenvalue weighted by Crippen LogP contribution is -2.17. The molecule has 0 bridgehead atoms. The zero-order valence-electron chi connectivity index (χ0n) is 17.8. The SMILES string of the molecule is COc1cc(/C=N/NC(=O)c2cc3ccccc3cc2O)ccc1OCc1ccccc1Cl. The molecule has 0 fully saturated rings. The van der Waals surface area contributed by atoms with Crippen LogP contribution in [0.25, 0.3) is 10.8 Å². The van der Waals surface area contributed by atoms with Crippen LogP contribution < -0.4 is 14.9 Å². The number of carbonyl (C=O) groups excluding carboxylic acids is 1. The van der Waals surface area contributed by atoms with Crippen LogP contribution in [-0.2, 0) is 6.61 Å². The summed E-state index contributed by atoms with van der Waals surface area (Å²) < 4.78 is 11.3.